The molecule has 0 aromatic rings. The first-order valence-electron chi connectivity index (χ1n) is 8.35. The van der Waals surface area contributed by atoms with E-state index in [9.17, 15) is 0 Å². The van der Waals surface area contributed by atoms with Crippen molar-refractivity contribution in [2.45, 2.75) is 65.3 Å². The van der Waals surface area contributed by atoms with Crippen LogP contribution in [0.25, 0.3) is 0 Å². The highest BCUT2D eigenvalue weighted by Crippen LogP contribution is 2.68. The van der Waals surface area contributed by atoms with E-state index in [1.807, 2.05) is 0 Å². The number of hydrogen-bond donors (Lipinski definition) is 1. The van der Waals surface area contributed by atoms with Crippen molar-refractivity contribution >= 4 is 0 Å². The molecule has 0 radical (unpaired) electrons. The molecule has 0 aromatic heterocycles. The summed E-state index contributed by atoms with van der Waals surface area (Å²) in [6.07, 6.45) is 7.12. The Morgan fingerprint density at radius 1 is 1.00 bits per heavy atom. The third-order valence-corrected chi connectivity index (χ3v) is 7.03. The Bertz CT molecular complexity index is 320. The van der Waals surface area contributed by atoms with Gasteiger partial charge in [-0.25, -0.2) is 0 Å². The van der Waals surface area contributed by atoms with Gasteiger partial charge in [0, 0.05) is 31.7 Å². The molecule has 3 rings (SSSR count). The van der Waals surface area contributed by atoms with E-state index in [-0.39, 0.29) is 0 Å². The quantitative estimate of drug-likeness (QED) is 0.823. The molecule has 19 heavy (non-hydrogen) atoms. The van der Waals surface area contributed by atoms with Gasteiger partial charge in [0.15, 0.2) is 0 Å². The summed E-state index contributed by atoms with van der Waals surface area (Å²) in [4.78, 5) is 2.77. The maximum atomic E-state index is 3.86. The minimum Gasteiger partial charge on any atom is -0.309 e. The van der Waals surface area contributed by atoms with Crippen LogP contribution in [0.15, 0.2) is 0 Å². The minimum atomic E-state index is 0.472. The average molecular weight is 264 g/mol. The van der Waals surface area contributed by atoms with Crippen molar-refractivity contribution in [2.75, 3.05) is 26.2 Å². The topological polar surface area (TPSA) is 15.3 Å². The van der Waals surface area contributed by atoms with Crippen LogP contribution in [0, 0.1) is 16.7 Å². The van der Waals surface area contributed by atoms with Crippen molar-refractivity contribution < 1.29 is 0 Å². The summed E-state index contributed by atoms with van der Waals surface area (Å²) >= 11 is 0. The second-order valence-corrected chi connectivity index (χ2v) is 8.50. The van der Waals surface area contributed by atoms with Crippen LogP contribution < -0.4 is 5.32 Å². The van der Waals surface area contributed by atoms with E-state index in [2.05, 4.69) is 37.9 Å². The first-order valence-corrected chi connectivity index (χ1v) is 8.35. The summed E-state index contributed by atoms with van der Waals surface area (Å²) in [5.74, 6) is 0.888. The zero-order chi connectivity index (χ0) is 13.7. The highest BCUT2D eigenvalue weighted by atomic mass is 15.2. The predicted octanol–water partition coefficient (Wildman–Crippen LogP) is 3.28. The zero-order valence-corrected chi connectivity index (χ0v) is 13.4. The van der Waals surface area contributed by atoms with E-state index in [0.717, 1.165) is 5.92 Å². The van der Waals surface area contributed by atoms with Crippen molar-refractivity contribution in [3.05, 3.63) is 0 Å². The molecule has 2 nitrogen and oxygen atoms in total. The Labute approximate surface area is 119 Å². The molecule has 3 fully saturated rings. The fourth-order valence-electron chi connectivity index (χ4n) is 4.81. The van der Waals surface area contributed by atoms with Crippen LogP contribution in [0.3, 0.4) is 0 Å². The van der Waals surface area contributed by atoms with Gasteiger partial charge in [0.1, 0.15) is 0 Å². The zero-order valence-electron chi connectivity index (χ0n) is 13.4. The van der Waals surface area contributed by atoms with Gasteiger partial charge < -0.3 is 5.32 Å². The number of hydrogen-bond acceptors (Lipinski definition) is 2. The lowest BCUT2D eigenvalue weighted by atomic mass is 9.80. The molecule has 1 aliphatic heterocycles. The van der Waals surface area contributed by atoms with Gasteiger partial charge >= 0.3 is 0 Å². The fourth-order valence-corrected chi connectivity index (χ4v) is 4.81. The number of nitrogens with one attached hydrogen (secondary N) is 1. The third kappa shape index (κ3) is 2.25. The van der Waals surface area contributed by atoms with E-state index < -0.39 is 0 Å². The molecule has 0 unspecified atom stereocenters. The van der Waals surface area contributed by atoms with Crippen LogP contribution in [-0.2, 0) is 0 Å². The normalized spacial score (nSPS) is 33.5. The van der Waals surface area contributed by atoms with Crippen LogP contribution >= 0.6 is 0 Å². The summed E-state index contributed by atoms with van der Waals surface area (Å²) in [6.45, 7) is 14.9. The lowest BCUT2D eigenvalue weighted by molar-refractivity contribution is 0.0919. The summed E-state index contributed by atoms with van der Waals surface area (Å²) < 4.78 is 0. The van der Waals surface area contributed by atoms with E-state index in [1.165, 1.54) is 58.3 Å². The maximum Gasteiger partial charge on any atom is 0.0309 e. The van der Waals surface area contributed by atoms with Crippen LogP contribution in [0.1, 0.15) is 59.8 Å². The molecule has 1 saturated heterocycles. The lowest BCUT2D eigenvalue weighted by Gasteiger charge is -2.46. The molecular weight excluding hydrogens is 232 g/mol. The van der Waals surface area contributed by atoms with Crippen molar-refractivity contribution in [3.63, 3.8) is 0 Å². The molecule has 3 aliphatic rings. The number of nitrogens with zero attached hydrogens (tertiary/aromatic N) is 1. The SMILES string of the molecule is CC1(C)C(CN2CCNC3(CCCCC3)C2)C1(C)C. The van der Waals surface area contributed by atoms with Gasteiger partial charge in [-0.2, -0.15) is 0 Å². The van der Waals surface area contributed by atoms with Crippen LogP contribution in [0.5, 0.6) is 0 Å². The second kappa shape index (κ2) is 4.46. The van der Waals surface area contributed by atoms with Gasteiger partial charge in [-0.1, -0.05) is 47.0 Å². The molecule has 2 heteroatoms. The predicted molar refractivity (Wildman–Crippen MR) is 81.3 cm³/mol. The molecule has 0 atom stereocenters. The molecule has 1 spiro atoms. The summed E-state index contributed by atoms with van der Waals surface area (Å²) in [5.41, 5.74) is 1.55. The van der Waals surface area contributed by atoms with Crippen LogP contribution in [0.4, 0.5) is 0 Å². The Morgan fingerprint density at radius 2 is 1.63 bits per heavy atom. The van der Waals surface area contributed by atoms with E-state index in [0.29, 0.717) is 16.4 Å². The molecule has 1 heterocycles. The van der Waals surface area contributed by atoms with E-state index in [1.54, 1.807) is 0 Å². The third-order valence-electron chi connectivity index (χ3n) is 7.03. The van der Waals surface area contributed by atoms with Gasteiger partial charge in [0.05, 0.1) is 0 Å². The molecule has 2 aliphatic carbocycles. The van der Waals surface area contributed by atoms with E-state index in [4.69, 9.17) is 0 Å². The van der Waals surface area contributed by atoms with Crippen LogP contribution in [-0.4, -0.2) is 36.6 Å². The minimum absolute atomic E-state index is 0.472. The first kappa shape index (κ1) is 13.9. The molecular formula is C17H32N2. The van der Waals surface area contributed by atoms with Gasteiger partial charge in [-0.15, -0.1) is 0 Å². The van der Waals surface area contributed by atoms with Gasteiger partial charge in [-0.05, 0) is 29.6 Å². The van der Waals surface area contributed by atoms with Crippen LogP contribution in [0.2, 0.25) is 0 Å². The molecule has 0 bridgehead atoms. The first-order chi connectivity index (χ1) is 8.87. The summed E-state index contributed by atoms with van der Waals surface area (Å²) in [6, 6.07) is 0. The Morgan fingerprint density at radius 3 is 2.21 bits per heavy atom. The van der Waals surface area contributed by atoms with Gasteiger partial charge in [0.2, 0.25) is 0 Å². The Kier molecular flexibility index (Phi) is 3.26. The Balaban J connectivity index is 1.61. The smallest absolute Gasteiger partial charge is 0.0309 e. The van der Waals surface area contributed by atoms with Crippen molar-refractivity contribution in [3.8, 4) is 0 Å². The molecule has 1 N–H and O–H groups in total. The molecule has 2 saturated carbocycles. The van der Waals surface area contributed by atoms with Crippen molar-refractivity contribution in [1.29, 1.82) is 0 Å². The number of piperazine rings is 1. The molecule has 0 aromatic carbocycles. The van der Waals surface area contributed by atoms with Gasteiger partial charge in [-0.3, -0.25) is 4.90 Å². The summed E-state index contributed by atoms with van der Waals surface area (Å²) in [7, 11) is 0. The number of rotatable bonds is 2. The lowest BCUT2D eigenvalue weighted by Crippen LogP contribution is -2.61. The summed E-state index contributed by atoms with van der Waals surface area (Å²) in [5, 5.41) is 3.86. The Hall–Kier alpha value is -0.0800. The average Bonchev–Trinajstić information content (AvgIpc) is 2.73. The maximum absolute atomic E-state index is 3.86. The fraction of sp³-hybridized carbons (Fsp3) is 1.00. The van der Waals surface area contributed by atoms with Crippen molar-refractivity contribution in [1.82, 2.24) is 10.2 Å². The van der Waals surface area contributed by atoms with Gasteiger partial charge in [0.25, 0.3) is 0 Å². The molecule has 0 amide bonds. The van der Waals surface area contributed by atoms with Crippen molar-refractivity contribution in [2.24, 2.45) is 16.7 Å². The highest BCUT2D eigenvalue weighted by molar-refractivity contribution is 5.13. The molecule has 110 valence electrons. The second-order valence-electron chi connectivity index (χ2n) is 8.50. The highest BCUT2D eigenvalue weighted by Gasteiger charge is 2.64. The van der Waals surface area contributed by atoms with E-state index >= 15 is 0 Å². The monoisotopic (exact) mass is 264 g/mol. The standard InChI is InChI=1S/C17H32N2/c1-15(2)14(16(15,3)4)12-19-11-10-18-17(13-19)8-6-5-7-9-17/h14,18H,5-13H2,1-4H3. The largest absolute Gasteiger partial charge is 0.309 e.